The minimum atomic E-state index is -0.255. The molecule has 0 radical (unpaired) electrons. The summed E-state index contributed by atoms with van der Waals surface area (Å²) in [6, 6.07) is 3.78. The van der Waals surface area contributed by atoms with Crippen molar-refractivity contribution in [1.29, 1.82) is 0 Å². The maximum absolute atomic E-state index is 12.1. The lowest BCUT2D eigenvalue weighted by Gasteiger charge is -2.34. The number of pyridine rings is 1. The van der Waals surface area contributed by atoms with Crippen molar-refractivity contribution in [2.24, 2.45) is 5.92 Å². The first-order valence-electron chi connectivity index (χ1n) is 9.02. The number of hydrogen-bond acceptors (Lipinski definition) is 5. The van der Waals surface area contributed by atoms with Crippen molar-refractivity contribution in [3.8, 4) is 0 Å². The summed E-state index contributed by atoms with van der Waals surface area (Å²) in [5.74, 6) is 0.933. The fourth-order valence-corrected chi connectivity index (χ4v) is 2.88. The van der Waals surface area contributed by atoms with Crippen molar-refractivity contribution >= 4 is 23.5 Å². The third kappa shape index (κ3) is 5.08. The molecule has 1 fully saturated rings. The van der Waals surface area contributed by atoms with E-state index in [-0.39, 0.29) is 17.9 Å². The number of piperazine rings is 1. The highest BCUT2D eigenvalue weighted by atomic mass is 16.6. The summed E-state index contributed by atoms with van der Waals surface area (Å²) in [5, 5.41) is 2.92. The highest BCUT2D eigenvalue weighted by molar-refractivity contribution is 5.92. The maximum atomic E-state index is 12.1. The molecule has 1 saturated heterocycles. The zero-order valence-electron chi connectivity index (χ0n) is 15.3. The van der Waals surface area contributed by atoms with E-state index < -0.39 is 0 Å². The Bertz CT molecular complexity index is 564. The molecule has 0 bridgehead atoms. The van der Waals surface area contributed by atoms with Gasteiger partial charge in [-0.2, -0.15) is 0 Å². The molecule has 0 aliphatic carbocycles. The molecule has 2 amide bonds. The maximum Gasteiger partial charge on any atom is 0.409 e. The van der Waals surface area contributed by atoms with Crippen molar-refractivity contribution in [1.82, 2.24) is 9.88 Å². The van der Waals surface area contributed by atoms with Crippen LogP contribution in [0.2, 0.25) is 0 Å². The van der Waals surface area contributed by atoms with Gasteiger partial charge in [0.1, 0.15) is 5.82 Å². The molecule has 0 atom stereocenters. The van der Waals surface area contributed by atoms with E-state index in [1.165, 1.54) is 0 Å². The molecule has 1 aliphatic heterocycles. The van der Waals surface area contributed by atoms with Crippen LogP contribution in [0.15, 0.2) is 18.3 Å². The largest absolute Gasteiger partial charge is 0.450 e. The summed E-state index contributed by atoms with van der Waals surface area (Å²) >= 11 is 0. The van der Waals surface area contributed by atoms with E-state index >= 15 is 0 Å². The van der Waals surface area contributed by atoms with Gasteiger partial charge in [0, 0.05) is 32.1 Å². The summed E-state index contributed by atoms with van der Waals surface area (Å²) in [6.07, 6.45) is 3.10. The van der Waals surface area contributed by atoms with Gasteiger partial charge in [0.2, 0.25) is 5.91 Å². The normalized spacial score (nSPS) is 14.6. The van der Waals surface area contributed by atoms with Crippen LogP contribution in [-0.4, -0.2) is 54.7 Å². The highest BCUT2D eigenvalue weighted by Crippen LogP contribution is 2.18. The predicted molar refractivity (Wildman–Crippen MR) is 97.7 cm³/mol. The molecule has 0 aromatic carbocycles. The van der Waals surface area contributed by atoms with Gasteiger partial charge in [0.25, 0.3) is 0 Å². The Hall–Kier alpha value is -2.31. The Morgan fingerprint density at radius 1 is 1.16 bits per heavy atom. The highest BCUT2D eigenvalue weighted by Gasteiger charge is 2.22. The molecular formula is C18H28N4O3. The smallest absolute Gasteiger partial charge is 0.409 e. The van der Waals surface area contributed by atoms with Gasteiger partial charge in [-0.25, -0.2) is 9.78 Å². The summed E-state index contributed by atoms with van der Waals surface area (Å²) in [7, 11) is 0. The van der Waals surface area contributed by atoms with Crippen LogP contribution in [0.5, 0.6) is 0 Å². The Labute approximate surface area is 149 Å². The van der Waals surface area contributed by atoms with Crippen molar-refractivity contribution in [2.75, 3.05) is 43.0 Å². The number of aromatic nitrogens is 1. The van der Waals surface area contributed by atoms with Crippen LogP contribution >= 0.6 is 0 Å². The monoisotopic (exact) mass is 348 g/mol. The third-order valence-electron chi connectivity index (χ3n) is 4.50. The van der Waals surface area contributed by atoms with Crippen LogP contribution in [-0.2, 0) is 9.53 Å². The molecule has 25 heavy (non-hydrogen) atoms. The molecule has 7 nitrogen and oxygen atoms in total. The van der Waals surface area contributed by atoms with Gasteiger partial charge < -0.3 is 19.9 Å². The lowest BCUT2D eigenvalue weighted by atomic mass is 10.0. The zero-order chi connectivity index (χ0) is 18.2. The van der Waals surface area contributed by atoms with E-state index in [0.717, 1.165) is 18.7 Å². The average Bonchev–Trinajstić information content (AvgIpc) is 2.64. The van der Waals surface area contributed by atoms with E-state index in [4.69, 9.17) is 4.74 Å². The summed E-state index contributed by atoms with van der Waals surface area (Å²) in [6.45, 7) is 8.90. The van der Waals surface area contributed by atoms with Gasteiger partial charge in [-0.3, -0.25) is 4.79 Å². The van der Waals surface area contributed by atoms with Crippen molar-refractivity contribution < 1.29 is 14.3 Å². The molecule has 0 saturated carbocycles. The minimum absolute atomic E-state index is 0.0376. The molecule has 1 N–H and O–H groups in total. The van der Waals surface area contributed by atoms with Crippen LogP contribution in [0, 0.1) is 5.92 Å². The summed E-state index contributed by atoms with van der Waals surface area (Å²) in [4.78, 5) is 32.1. The first-order valence-corrected chi connectivity index (χ1v) is 9.02. The summed E-state index contributed by atoms with van der Waals surface area (Å²) in [5.41, 5.74) is 0.714. The SMILES string of the molecule is CCOC(=O)N1CCN(c2ccc(NC(=O)C(CC)CC)cn2)CC1. The van der Waals surface area contributed by atoms with Crippen LogP contribution in [0.3, 0.4) is 0 Å². The van der Waals surface area contributed by atoms with Crippen molar-refractivity contribution in [3.05, 3.63) is 18.3 Å². The molecule has 1 aromatic heterocycles. The average molecular weight is 348 g/mol. The fourth-order valence-electron chi connectivity index (χ4n) is 2.88. The van der Waals surface area contributed by atoms with E-state index in [1.807, 2.05) is 32.9 Å². The molecule has 0 unspecified atom stereocenters. The Balaban J connectivity index is 1.88. The van der Waals surface area contributed by atoms with Gasteiger partial charge in [0.05, 0.1) is 18.5 Å². The predicted octanol–water partition coefficient (Wildman–Crippen LogP) is 2.73. The number of ether oxygens (including phenoxy) is 1. The molecular weight excluding hydrogens is 320 g/mol. The first kappa shape index (κ1) is 19.0. The number of nitrogens with one attached hydrogen (secondary N) is 1. The lowest BCUT2D eigenvalue weighted by Crippen LogP contribution is -2.49. The third-order valence-corrected chi connectivity index (χ3v) is 4.50. The number of rotatable bonds is 6. The second-order valence-electron chi connectivity index (χ2n) is 6.08. The minimum Gasteiger partial charge on any atom is -0.450 e. The van der Waals surface area contributed by atoms with E-state index in [1.54, 1.807) is 11.1 Å². The van der Waals surface area contributed by atoms with Gasteiger partial charge in [-0.1, -0.05) is 13.8 Å². The first-order chi connectivity index (χ1) is 12.1. The molecule has 138 valence electrons. The standard InChI is InChI=1S/C18H28N4O3/c1-4-14(5-2)17(23)20-15-7-8-16(19-13-15)21-9-11-22(12-10-21)18(24)25-6-3/h7-8,13-14H,4-6,9-12H2,1-3H3,(H,20,23). The number of nitrogens with zero attached hydrogens (tertiary/aromatic N) is 3. The molecule has 1 aliphatic rings. The van der Waals surface area contributed by atoms with Gasteiger partial charge in [-0.15, -0.1) is 0 Å². The second kappa shape index (κ2) is 9.25. The van der Waals surface area contributed by atoms with E-state index in [9.17, 15) is 9.59 Å². The van der Waals surface area contributed by atoms with Gasteiger partial charge in [0.15, 0.2) is 0 Å². The topological polar surface area (TPSA) is 74.8 Å². The number of hydrogen-bond donors (Lipinski definition) is 1. The Morgan fingerprint density at radius 2 is 1.84 bits per heavy atom. The zero-order valence-corrected chi connectivity index (χ0v) is 15.3. The molecule has 7 heteroatoms. The van der Waals surface area contributed by atoms with E-state index in [2.05, 4.69) is 15.2 Å². The summed E-state index contributed by atoms with van der Waals surface area (Å²) < 4.78 is 5.03. The molecule has 2 heterocycles. The van der Waals surface area contributed by atoms with Crippen LogP contribution in [0.25, 0.3) is 0 Å². The number of carbonyl (C=O) groups excluding carboxylic acids is 2. The van der Waals surface area contributed by atoms with Crippen molar-refractivity contribution in [2.45, 2.75) is 33.6 Å². The quantitative estimate of drug-likeness (QED) is 0.855. The van der Waals surface area contributed by atoms with Crippen molar-refractivity contribution in [3.63, 3.8) is 0 Å². The fraction of sp³-hybridized carbons (Fsp3) is 0.611. The molecule has 0 spiro atoms. The second-order valence-corrected chi connectivity index (χ2v) is 6.08. The van der Waals surface area contributed by atoms with Crippen LogP contribution < -0.4 is 10.2 Å². The number of anilines is 2. The molecule has 1 aromatic rings. The Morgan fingerprint density at radius 3 is 2.36 bits per heavy atom. The molecule has 2 rings (SSSR count). The van der Waals surface area contributed by atoms with Crippen LogP contribution in [0.4, 0.5) is 16.3 Å². The number of amides is 2. The van der Waals surface area contributed by atoms with Crippen LogP contribution in [0.1, 0.15) is 33.6 Å². The number of carbonyl (C=O) groups is 2. The van der Waals surface area contributed by atoms with Gasteiger partial charge >= 0.3 is 6.09 Å². The van der Waals surface area contributed by atoms with E-state index in [0.29, 0.717) is 38.5 Å². The Kier molecular flexibility index (Phi) is 7.03. The van der Waals surface area contributed by atoms with Gasteiger partial charge in [-0.05, 0) is 31.9 Å². The lowest BCUT2D eigenvalue weighted by molar-refractivity contribution is -0.120.